The number of nitrogens with one attached hydrogen (secondary N) is 1. The predicted molar refractivity (Wildman–Crippen MR) is 99.1 cm³/mol. The Balaban J connectivity index is 1.78. The van der Waals surface area contributed by atoms with Crippen LogP contribution < -0.4 is 11.1 Å². The minimum absolute atomic E-state index is 0.0543. The second kappa shape index (κ2) is 8.14. The molecule has 3 rings (SSSR count). The van der Waals surface area contributed by atoms with E-state index < -0.39 is 35.4 Å². The van der Waals surface area contributed by atoms with Crippen molar-refractivity contribution in [2.24, 2.45) is 5.73 Å². The Hall–Kier alpha value is -2.81. The zero-order valence-corrected chi connectivity index (χ0v) is 15.5. The van der Waals surface area contributed by atoms with Crippen molar-refractivity contribution in [1.29, 1.82) is 0 Å². The molecule has 3 nitrogen and oxygen atoms in total. The van der Waals surface area contributed by atoms with Crippen LogP contribution in [-0.4, -0.2) is 12.1 Å². The van der Waals surface area contributed by atoms with Crippen molar-refractivity contribution in [2.45, 2.75) is 37.3 Å². The topological polar surface area (TPSA) is 55.1 Å². The van der Waals surface area contributed by atoms with Crippen LogP contribution in [0.2, 0.25) is 0 Å². The molecular formula is C21H18F6N2O. The van der Waals surface area contributed by atoms with Crippen molar-refractivity contribution in [3.05, 3.63) is 76.4 Å². The lowest BCUT2D eigenvalue weighted by molar-refractivity contribution is -0.162. The lowest BCUT2D eigenvalue weighted by atomic mass is 10.0. The molecule has 0 saturated carbocycles. The molecule has 0 fully saturated rings. The fourth-order valence-electron chi connectivity index (χ4n) is 3.39. The Morgan fingerprint density at radius 1 is 1.10 bits per heavy atom. The third-order valence-corrected chi connectivity index (χ3v) is 4.88. The van der Waals surface area contributed by atoms with E-state index in [0.717, 1.165) is 42.2 Å². The van der Waals surface area contributed by atoms with E-state index in [4.69, 9.17) is 5.73 Å². The summed E-state index contributed by atoms with van der Waals surface area (Å²) in [5.41, 5.74) is 6.64. The standard InChI is InChI=1S/C21H18F6N2O/c22-20(23,24)15-3-1-2-14(11-15)19(21(25,26)27)29-18(30)9-5-12-4-7-16-13(10-12)6-8-17(16)28/h1-5,7,9-11,17,19H,6,8,28H2,(H,29,30)/b9-5+. The highest BCUT2D eigenvalue weighted by molar-refractivity contribution is 5.92. The van der Waals surface area contributed by atoms with Gasteiger partial charge in [0.2, 0.25) is 5.91 Å². The smallest absolute Gasteiger partial charge is 0.337 e. The Bertz CT molecular complexity index is 965. The molecule has 3 N–H and O–H groups in total. The van der Waals surface area contributed by atoms with E-state index in [9.17, 15) is 31.1 Å². The minimum Gasteiger partial charge on any atom is -0.337 e. The molecule has 1 amide bonds. The lowest BCUT2D eigenvalue weighted by Gasteiger charge is -2.22. The third kappa shape index (κ3) is 5.02. The lowest BCUT2D eigenvalue weighted by Crippen LogP contribution is -2.37. The van der Waals surface area contributed by atoms with E-state index in [1.807, 2.05) is 6.07 Å². The van der Waals surface area contributed by atoms with Crippen molar-refractivity contribution >= 4 is 12.0 Å². The molecule has 0 spiro atoms. The number of benzene rings is 2. The highest BCUT2D eigenvalue weighted by Gasteiger charge is 2.42. The molecule has 30 heavy (non-hydrogen) atoms. The molecule has 0 saturated heterocycles. The van der Waals surface area contributed by atoms with Gasteiger partial charge in [-0.15, -0.1) is 0 Å². The Kier molecular flexibility index (Phi) is 5.94. The molecule has 0 aliphatic heterocycles. The zero-order valence-electron chi connectivity index (χ0n) is 15.5. The first-order valence-electron chi connectivity index (χ1n) is 9.06. The number of amides is 1. The summed E-state index contributed by atoms with van der Waals surface area (Å²) in [4.78, 5) is 12.1. The SMILES string of the molecule is NC1CCc2cc(/C=C/C(=O)NC(c3cccc(C(F)(F)F)c3)C(F)(F)F)ccc21. The maximum Gasteiger partial charge on any atom is 0.416 e. The summed E-state index contributed by atoms with van der Waals surface area (Å²) >= 11 is 0. The molecule has 160 valence electrons. The highest BCUT2D eigenvalue weighted by atomic mass is 19.4. The van der Waals surface area contributed by atoms with Crippen molar-refractivity contribution in [3.63, 3.8) is 0 Å². The summed E-state index contributed by atoms with van der Waals surface area (Å²) in [5.74, 6) is -1.08. The van der Waals surface area contributed by atoms with Crippen LogP contribution in [0.3, 0.4) is 0 Å². The molecule has 2 atom stereocenters. The molecule has 9 heteroatoms. The number of alkyl halides is 6. The van der Waals surface area contributed by atoms with Crippen LogP contribution >= 0.6 is 0 Å². The molecule has 0 bridgehead atoms. The average Bonchev–Trinajstić information content (AvgIpc) is 3.03. The number of hydrogen-bond donors (Lipinski definition) is 2. The van der Waals surface area contributed by atoms with E-state index in [2.05, 4.69) is 0 Å². The minimum atomic E-state index is -4.97. The molecule has 2 unspecified atom stereocenters. The Labute approximate surface area is 168 Å². The van der Waals surface area contributed by atoms with Gasteiger partial charge in [0.1, 0.15) is 0 Å². The number of hydrogen-bond acceptors (Lipinski definition) is 2. The average molecular weight is 428 g/mol. The van der Waals surface area contributed by atoms with Gasteiger partial charge in [-0.25, -0.2) is 0 Å². The molecule has 0 radical (unpaired) electrons. The van der Waals surface area contributed by atoms with E-state index in [1.54, 1.807) is 17.4 Å². The quantitative estimate of drug-likeness (QED) is 0.527. The van der Waals surface area contributed by atoms with Gasteiger partial charge in [-0.1, -0.05) is 30.3 Å². The first-order valence-corrected chi connectivity index (χ1v) is 9.06. The van der Waals surface area contributed by atoms with E-state index in [-0.39, 0.29) is 6.04 Å². The number of fused-ring (bicyclic) bond motifs is 1. The van der Waals surface area contributed by atoms with Gasteiger partial charge in [0.15, 0.2) is 6.04 Å². The van der Waals surface area contributed by atoms with Crippen LogP contribution in [0.5, 0.6) is 0 Å². The van der Waals surface area contributed by atoms with E-state index in [0.29, 0.717) is 17.7 Å². The summed E-state index contributed by atoms with van der Waals surface area (Å²) < 4.78 is 78.7. The molecule has 1 aliphatic rings. The number of carbonyl (C=O) groups is 1. The number of aryl methyl sites for hydroxylation is 1. The van der Waals surface area contributed by atoms with Crippen LogP contribution in [0.25, 0.3) is 6.08 Å². The number of nitrogens with two attached hydrogens (primary N) is 1. The highest BCUT2D eigenvalue weighted by Crippen LogP contribution is 2.36. The van der Waals surface area contributed by atoms with Gasteiger partial charge in [0.25, 0.3) is 0 Å². The number of halogens is 6. The number of carbonyl (C=O) groups excluding carboxylic acids is 1. The maximum atomic E-state index is 13.4. The van der Waals surface area contributed by atoms with Crippen LogP contribution in [0.1, 0.15) is 46.3 Å². The van der Waals surface area contributed by atoms with Crippen molar-refractivity contribution in [1.82, 2.24) is 5.32 Å². The first kappa shape index (κ1) is 21.9. The summed E-state index contributed by atoms with van der Waals surface area (Å²) in [5, 5.41) is 1.74. The Morgan fingerprint density at radius 2 is 1.83 bits per heavy atom. The van der Waals surface area contributed by atoms with Gasteiger partial charge in [0, 0.05) is 12.1 Å². The number of rotatable bonds is 4. The second-order valence-electron chi connectivity index (χ2n) is 7.04. The third-order valence-electron chi connectivity index (χ3n) is 4.88. The van der Waals surface area contributed by atoms with Crippen LogP contribution in [0.4, 0.5) is 26.3 Å². The maximum absolute atomic E-state index is 13.4. The zero-order chi connectivity index (χ0) is 22.1. The molecule has 2 aromatic rings. The summed E-state index contributed by atoms with van der Waals surface area (Å²) in [6.45, 7) is 0. The fraction of sp³-hybridized carbons (Fsp3) is 0.286. The predicted octanol–water partition coefficient (Wildman–Crippen LogP) is 5.08. The van der Waals surface area contributed by atoms with E-state index >= 15 is 0 Å². The molecule has 2 aromatic carbocycles. The van der Waals surface area contributed by atoms with Gasteiger partial charge in [-0.2, -0.15) is 26.3 Å². The van der Waals surface area contributed by atoms with Gasteiger partial charge in [0.05, 0.1) is 5.56 Å². The van der Waals surface area contributed by atoms with E-state index in [1.165, 1.54) is 6.08 Å². The van der Waals surface area contributed by atoms with Crippen molar-refractivity contribution in [2.75, 3.05) is 0 Å². The molecular weight excluding hydrogens is 410 g/mol. The van der Waals surface area contributed by atoms with Crippen molar-refractivity contribution in [3.8, 4) is 0 Å². The monoisotopic (exact) mass is 428 g/mol. The van der Waals surface area contributed by atoms with Crippen molar-refractivity contribution < 1.29 is 31.1 Å². The normalized spacial score (nSPS) is 17.8. The van der Waals surface area contributed by atoms with Crippen LogP contribution in [0, 0.1) is 0 Å². The summed E-state index contributed by atoms with van der Waals surface area (Å²) in [6.07, 6.45) is -5.94. The van der Waals surface area contributed by atoms with Gasteiger partial charge in [-0.3, -0.25) is 4.79 Å². The summed E-state index contributed by atoms with van der Waals surface area (Å²) in [6, 6.07) is 5.49. The molecule has 0 aromatic heterocycles. The van der Waals surface area contributed by atoms with Gasteiger partial charge >= 0.3 is 12.4 Å². The van der Waals surface area contributed by atoms with Crippen LogP contribution in [-0.2, 0) is 17.4 Å². The Morgan fingerprint density at radius 3 is 2.50 bits per heavy atom. The van der Waals surface area contributed by atoms with Gasteiger partial charge < -0.3 is 11.1 Å². The largest absolute Gasteiger partial charge is 0.416 e. The molecule has 1 aliphatic carbocycles. The van der Waals surface area contributed by atoms with Gasteiger partial charge in [-0.05, 0) is 53.3 Å². The summed E-state index contributed by atoms with van der Waals surface area (Å²) in [7, 11) is 0. The molecule has 0 heterocycles. The first-order chi connectivity index (χ1) is 13.9. The fourth-order valence-corrected chi connectivity index (χ4v) is 3.39. The van der Waals surface area contributed by atoms with Crippen LogP contribution in [0.15, 0.2) is 48.5 Å². The second-order valence-corrected chi connectivity index (χ2v) is 7.04.